The van der Waals surface area contributed by atoms with Gasteiger partial charge in [-0.3, -0.25) is 0 Å². The normalized spacial score (nSPS) is 15.7. The molecule has 0 bridgehead atoms. The fourth-order valence-electron chi connectivity index (χ4n) is 4.82. The van der Waals surface area contributed by atoms with Crippen LogP contribution in [0, 0.1) is 5.82 Å². The number of rotatable bonds is 6. The number of carbonyl (C=O) groups is 2. The first-order valence-electron chi connectivity index (χ1n) is 12.9. The zero-order valence-electron chi connectivity index (χ0n) is 22.5. The summed E-state index contributed by atoms with van der Waals surface area (Å²) in [6, 6.07) is 17.1. The van der Waals surface area contributed by atoms with Gasteiger partial charge in [0, 0.05) is 11.1 Å². The summed E-state index contributed by atoms with van der Waals surface area (Å²) in [4.78, 5) is 26.7. The van der Waals surface area contributed by atoms with Crippen molar-refractivity contribution in [2.75, 3.05) is 13.7 Å². The summed E-state index contributed by atoms with van der Waals surface area (Å²) >= 11 is 6.00. The number of carbonyl (C=O) groups excluding carboxylic acids is 2. The molecule has 0 aliphatic heterocycles. The molecule has 2 atom stereocenters. The Morgan fingerprint density at radius 2 is 1.72 bits per heavy atom. The fraction of sp³-hybridized carbons (Fsp3) is 0.355. The SMILES string of the molecule is COC(=O)c1ccc(-c2ccc3c(c2)C[C@@H](N(C[C@@H](O)c2ccc(Cl)cc2)C(=O)OC(C)(C)C)CC3)cc1F. The molecule has 0 spiro atoms. The average molecular weight is 554 g/mol. The summed E-state index contributed by atoms with van der Waals surface area (Å²) in [5.41, 5.74) is 3.47. The molecule has 39 heavy (non-hydrogen) atoms. The molecule has 206 valence electrons. The molecule has 0 heterocycles. The Kier molecular flexibility index (Phi) is 8.62. The highest BCUT2D eigenvalue weighted by Crippen LogP contribution is 2.32. The van der Waals surface area contributed by atoms with E-state index in [1.807, 2.05) is 39.0 Å². The van der Waals surface area contributed by atoms with Crippen LogP contribution in [0.4, 0.5) is 9.18 Å². The molecule has 6 nitrogen and oxygen atoms in total. The van der Waals surface area contributed by atoms with Crippen molar-refractivity contribution in [2.24, 2.45) is 0 Å². The van der Waals surface area contributed by atoms with Gasteiger partial charge in [-0.1, -0.05) is 48.0 Å². The minimum absolute atomic E-state index is 0.0659. The fourth-order valence-corrected chi connectivity index (χ4v) is 4.95. The quantitative estimate of drug-likeness (QED) is 0.341. The monoisotopic (exact) mass is 553 g/mol. The highest BCUT2D eigenvalue weighted by molar-refractivity contribution is 6.30. The summed E-state index contributed by atoms with van der Waals surface area (Å²) in [7, 11) is 1.21. The number of aryl methyl sites for hydroxylation is 1. The number of aliphatic hydroxyl groups excluding tert-OH is 1. The maximum atomic E-state index is 14.6. The summed E-state index contributed by atoms with van der Waals surface area (Å²) in [5.74, 6) is -1.38. The average Bonchev–Trinajstić information content (AvgIpc) is 2.89. The van der Waals surface area contributed by atoms with Crippen molar-refractivity contribution >= 4 is 23.7 Å². The van der Waals surface area contributed by atoms with E-state index in [0.29, 0.717) is 29.0 Å². The second kappa shape index (κ2) is 11.8. The Hall–Kier alpha value is -3.42. The number of fused-ring (bicyclic) bond motifs is 1. The molecule has 1 N–H and O–H groups in total. The minimum atomic E-state index is -0.918. The van der Waals surface area contributed by atoms with E-state index in [4.69, 9.17) is 16.3 Å². The molecule has 4 rings (SSSR count). The van der Waals surface area contributed by atoms with E-state index in [-0.39, 0.29) is 18.2 Å². The lowest BCUT2D eigenvalue weighted by molar-refractivity contribution is 0.00194. The summed E-state index contributed by atoms with van der Waals surface area (Å²) in [6.45, 7) is 5.50. The third-order valence-corrected chi connectivity index (χ3v) is 7.06. The number of benzene rings is 3. The first kappa shape index (κ1) is 28.6. The first-order valence-corrected chi connectivity index (χ1v) is 13.3. The standard InChI is InChI=1S/C31H33ClFNO5/c1-31(2,3)39-30(37)34(18-28(35)20-7-11-24(32)12-8-20)25-13-9-19-5-6-21(15-23(19)16-25)22-10-14-26(27(33)17-22)29(36)38-4/h5-8,10-12,14-15,17,25,28,35H,9,13,16,18H2,1-4H3/t25-,28+/m0/s1. The van der Waals surface area contributed by atoms with Gasteiger partial charge in [-0.25, -0.2) is 14.0 Å². The van der Waals surface area contributed by atoms with Crippen LogP contribution in [0.15, 0.2) is 60.7 Å². The maximum absolute atomic E-state index is 14.6. The zero-order valence-corrected chi connectivity index (χ0v) is 23.3. The lowest BCUT2D eigenvalue weighted by atomic mass is 9.85. The number of nitrogens with zero attached hydrogens (tertiary/aromatic N) is 1. The maximum Gasteiger partial charge on any atom is 0.410 e. The molecule has 0 saturated carbocycles. The third-order valence-electron chi connectivity index (χ3n) is 6.81. The number of hydrogen-bond donors (Lipinski definition) is 1. The van der Waals surface area contributed by atoms with E-state index in [1.165, 1.54) is 19.2 Å². The molecule has 8 heteroatoms. The van der Waals surface area contributed by atoms with Crippen LogP contribution < -0.4 is 0 Å². The van der Waals surface area contributed by atoms with Gasteiger partial charge >= 0.3 is 12.1 Å². The van der Waals surface area contributed by atoms with E-state index in [9.17, 15) is 19.1 Å². The molecule has 1 aliphatic carbocycles. The first-order chi connectivity index (χ1) is 18.4. The number of ether oxygens (including phenoxy) is 2. The number of halogens is 2. The molecule has 0 aromatic heterocycles. The van der Waals surface area contributed by atoms with Crippen molar-refractivity contribution in [3.63, 3.8) is 0 Å². The largest absolute Gasteiger partial charge is 0.465 e. The summed E-state index contributed by atoms with van der Waals surface area (Å²) in [5, 5.41) is 11.6. The highest BCUT2D eigenvalue weighted by Gasteiger charge is 2.33. The van der Waals surface area contributed by atoms with Crippen LogP contribution in [0.3, 0.4) is 0 Å². The highest BCUT2D eigenvalue weighted by atomic mass is 35.5. The van der Waals surface area contributed by atoms with E-state index >= 15 is 0 Å². The smallest absolute Gasteiger partial charge is 0.410 e. The van der Waals surface area contributed by atoms with Crippen LogP contribution in [-0.2, 0) is 22.3 Å². The minimum Gasteiger partial charge on any atom is -0.465 e. The van der Waals surface area contributed by atoms with Gasteiger partial charge in [0.2, 0.25) is 0 Å². The number of aliphatic hydroxyl groups is 1. The van der Waals surface area contributed by atoms with Gasteiger partial charge in [-0.2, -0.15) is 0 Å². The van der Waals surface area contributed by atoms with Gasteiger partial charge in [-0.05, 0) is 92.1 Å². The molecule has 0 radical (unpaired) electrons. The van der Waals surface area contributed by atoms with E-state index in [2.05, 4.69) is 4.74 Å². The number of methoxy groups -OCH3 is 1. The third kappa shape index (κ3) is 6.97. The molecule has 3 aromatic rings. The second-order valence-electron chi connectivity index (χ2n) is 10.8. The van der Waals surface area contributed by atoms with Gasteiger partial charge in [-0.15, -0.1) is 0 Å². The molecule has 3 aromatic carbocycles. The second-order valence-corrected chi connectivity index (χ2v) is 11.2. The lowest BCUT2D eigenvalue weighted by Gasteiger charge is -2.37. The van der Waals surface area contributed by atoms with Gasteiger partial charge in [0.05, 0.1) is 25.3 Å². The van der Waals surface area contributed by atoms with Crippen LogP contribution >= 0.6 is 11.6 Å². The zero-order chi connectivity index (χ0) is 28.3. The topological polar surface area (TPSA) is 76.1 Å². The molecular formula is C31H33ClFNO5. The van der Waals surface area contributed by atoms with Crippen molar-refractivity contribution in [2.45, 2.75) is 57.8 Å². The Morgan fingerprint density at radius 1 is 1.05 bits per heavy atom. The van der Waals surface area contributed by atoms with Gasteiger partial charge in [0.15, 0.2) is 0 Å². The van der Waals surface area contributed by atoms with Crippen LogP contribution in [0.1, 0.15) is 60.3 Å². The van der Waals surface area contributed by atoms with Crippen molar-refractivity contribution < 1.29 is 28.6 Å². The van der Waals surface area contributed by atoms with Gasteiger partial charge in [0.25, 0.3) is 0 Å². The molecule has 0 saturated heterocycles. The van der Waals surface area contributed by atoms with Gasteiger partial charge < -0.3 is 19.5 Å². The Balaban J connectivity index is 1.60. The number of hydrogen-bond acceptors (Lipinski definition) is 5. The number of amides is 1. The van der Waals surface area contributed by atoms with E-state index < -0.39 is 29.6 Å². The Bertz CT molecular complexity index is 1350. The van der Waals surface area contributed by atoms with E-state index in [1.54, 1.807) is 35.2 Å². The molecule has 1 amide bonds. The lowest BCUT2D eigenvalue weighted by Crippen LogP contribution is -2.47. The Morgan fingerprint density at radius 3 is 2.36 bits per heavy atom. The summed E-state index contributed by atoms with van der Waals surface area (Å²) in [6.07, 6.45) is 0.603. The Labute approximate surface area is 233 Å². The molecule has 0 unspecified atom stereocenters. The molecule has 1 aliphatic rings. The van der Waals surface area contributed by atoms with Crippen LogP contribution in [0.2, 0.25) is 5.02 Å². The summed E-state index contributed by atoms with van der Waals surface area (Å²) < 4.78 is 25.0. The van der Waals surface area contributed by atoms with Crippen LogP contribution in [0.25, 0.3) is 11.1 Å². The molecule has 0 fully saturated rings. The van der Waals surface area contributed by atoms with Crippen LogP contribution in [-0.4, -0.2) is 47.4 Å². The van der Waals surface area contributed by atoms with Crippen molar-refractivity contribution in [1.29, 1.82) is 0 Å². The van der Waals surface area contributed by atoms with E-state index in [0.717, 1.165) is 23.1 Å². The van der Waals surface area contributed by atoms with Crippen molar-refractivity contribution in [1.82, 2.24) is 4.90 Å². The predicted molar refractivity (Wildman–Crippen MR) is 148 cm³/mol. The van der Waals surface area contributed by atoms with Crippen molar-refractivity contribution in [3.8, 4) is 11.1 Å². The van der Waals surface area contributed by atoms with Crippen LogP contribution in [0.5, 0.6) is 0 Å². The van der Waals surface area contributed by atoms with Gasteiger partial charge in [0.1, 0.15) is 11.4 Å². The molecular weight excluding hydrogens is 521 g/mol. The van der Waals surface area contributed by atoms with Crippen molar-refractivity contribution in [3.05, 3.63) is 93.8 Å². The predicted octanol–water partition coefficient (Wildman–Crippen LogP) is 6.76. The number of esters is 1.